The average Bonchev–Trinajstić information content (AvgIpc) is 3.13. The van der Waals surface area contributed by atoms with Gasteiger partial charge < -0.3 is 15.4 Å². The lowest BCUT2D eigenvalue weighted by atomic mass is 10.1. The van der Waals surface area contributed by atoms with Gasteiger partial charge in [0.15, 0.2) is 0 Å². The number of para-hydroxylation sites is 1. The number of hydrogen-bond donors (Lipinski definition) is 2. The van der Waals surface area contributed by atoms with Crippen LogP contribution in [-0.4, -0.2) is 30.3 Å². The number of halogens is 1. The van der Waals surface area contributed by atoms with Crippen LogP contribution < -0.4 is 15.5 Å². The van der Waals surface area contributed by atoms with Crippen LogP contribution in [0.2, 0.25) is 0 Å². The average molecular weight is 532 g/mol. The van der Waals surface area contributed by atoms with Gasteiger partial charge in [0.2, 0.25) is 0 Å². The normalized spacial score (nSPS) is 13.1. The monoisotopic (exact) mass is 531 g/mol. The standard InChI is InChI=1S/C29H26ClN3O5/c1-4-16-38-29(37)21-9-5-6-11-23(21)33-27(35)24(30)25(28(33)36)31-20-14-12-19(13-15-20)26(34)32-22-10-7-8-17(2)18(22)3/h5-15,31H,4,16H2,1-3H3,(H,32,34). The zero-order valence-electron chi connectivity index (χ0n) is 21.1. The zero-order valence-corrected chi connectivity index (χ0v) is 21.9. The molecule has 38 heavy (non-hydrogen) atoms. The third-order valence-corrected chi connectivity index (χ3v) is 6.45. The minimum Gasteiger partial charge on any atom is -0.462 e. The molecule has 0 saturated carbocycles. The number of hydrogen-bond acceptors (Lipinski definition) is 6. The number of benzene rings is 3. The molecule has 0 fully saturated rings. The molecule has 0 radical (unpaired) electrons. The second kappa shape index (κ2) is 11.3. The van der Waals surface area contributed by atoms with Crippen LogP contribution in [0.25, 0.3) is 0 Å². The summed E-state index contributed by atoms with van der Waals surface area (Å²) >= 11 is 6.26. The van der Waals surface area contributed by atoms with Crippen molar-refractivity contribution in [1.82, 2.24) is 0 Å². The molecule has 194 valence electrons. The lowest BCUT2D eigenvalue weighted by molar-refractivity contribution is -0.120. The molecule has 1 heterocycles. The Hall–Kier alpha value is -4.43. The topological polar surface area (TPSA) is 105 Å². The summed E-state index contributed by atoms with van der Waals surface area (Å²) in [6.45, 7) is 5.97. The predicted molar refractivity (Wildman–Crippen MR) is 146 cm³/mol. The first kappa shape index (κ1) is 26.6. The molecule has 3 aromatic rings. The summed E-state index contributed by atoms with van der Waals surface area (Å²) < 4.78 is 5.19. The van der Waals surface area contributed by atoms with E-state index in [9.17, 15) is 19.2 Å². The van der Waals surface area contributed by atoms with Gasteiger partial charge in [-0.2, -0.15) is 0 Å². The minimum absolute atomic E-state index is 0.0765. The van der Waals surface area contributed by atoms with Crippen LogP contribution in [0, 0.1) is 13.8 Å². The Morgan fingerprint density at radius 2 is 1.63 bits per heavy atom. The Morgan fingerprint density at radius 1 is 0.921 bits per heavy atom. The molecule has 0 spiro atoms. The molecule has 3 amide bonds. The number of aryl methyl sites for hydroxylation is 1. The first-order valence-corrected chi connectivity index (χ1v) is 12.4. The van der Waals surface area contributed by atoms with E-state index in [2.05, 4.69) is 10.6 Å². The number of carbonyl (C=O) groups excluding carboxylic acids is 4. The first-order valence-electron chi connectivity index (χ1n) is 12.0. The van der Waals surface area contributed by atoms with E-state index < -0.39 is 17.8 Å². The van der Waals surface area contributed by atoms with Gasteiger partial charge in [-0.1, -0.05) is 42.8 Å². The van der Waals surface area contributed by atoms with Crippen molar-refractivity contribution in [3.8, 4) is 0 Å². The van der Waals surface area contributed by atoms with Gasteiger partial charge in [0.05, 0.1) is 17.9 Å². The molecule has 8 nitrogen and oxygen atoms in total. The number of amides is 3. The summed E-state index contributed by atoms with van der Waals surface area (Å²) in [6, 6.07) is 18.3. The Balaban J connectivity index is 1.51. The highest BCUT2D eigenvalue weighted by molar-refractivity contribution is 6.53. The third-order valence-electron chi connectivity index (χ3n) is 6.10. The summed E-state index contributed by atoms with van der Waals surface area (Å²) in [5, 5.41) is 5.46. The van der Waals surface area contributed by atoms with Crippen LogP contribution in [0.15, 0.2) is 77.5 Å². The van der Waals surface area contributed by atoms with E-state index in [1.165, 1.54) is 12.1 Å². The summed E-state index contributed by atoms with van der Waals surface area (Å²) in [7, 11) is 0. The van der Waals surface area contributed by atoms with E-state index in [1.54, 1.807) is 36.4 Å². The number of imide groups is 1. The van der Waals surface area contributed by atoms with Gasteiger partial charge in [-0.3, -0.25) is 14.4 Å². The Morgan fingerprint density at radius 3 is 2.34 bits per heavy atom. The molecule has 0 aromatic heterocycles. The van der Waals surface area contributed by atoms with E-state index >= 15 is 0 Å². The van der Waals surface area contributed by atoms with E-state index in [0.717, 1.165) is 21.7 Å². The largest absolute Gasteiger partial charge is 0.462 e. The van der Waals surface area contributed by atoms with Crippen molar-refractivity contribution in [2.45, 2.75) is 27.2 Å². The van der Waals surface area contributed by atoms with Gasteiger partial charge in [-0.05, 0) is 73.9 Å². The second-order valence-corrected chi connectivity index (χ2v) is 9.07. The Bertz CT molecular complexity index is 1460. The van der Waals surface area contributed by atoms with Crippen LogP contribution in [-0.2, 0) is 14.3 Å². The van der Waals surface area contributed by atoms with Gasteiger partial charge in [-0.15, -0.1) is 0 Å². The summed E-state index contributed by atoms with van der Waals surface area (Å²) in [6.07, 6.45) is 0.628. The molecule has 1 aliphatic heterocycles. The molecule has 0 saturated heterocycles. The maximum absolute atomic E-state index is 13.2. The van der Waals surface area contributed by atoms with Gasteiger partial charge in [0, 0.05) is 16.9 Å². The van der Waals surface area contributed by atoms with Crippen molar-refractivity contribution in [2.75, 3.05) is 22.1 Å². The number of nitrogens with one attached hydrogen (secondary N) is 2. The molecule has 4 rings (SSSR count). The van der Waals surface area contributed by atoms with Crippen molar-refractivity contribution < 1.29 is 23.9 Å². The minimum atomic E-state index is -0.764. The molecule has 9 heteroatoms. The highest BCUT2D eigenvalue weighted by Gasteiger charge is 2.40. The molecule has 0 bridgehead atoms. The summed E-state index contributed by atoms with van der Waals surface area (Å²) in [5.74, 6) is -2.41. The van der Waals surface area contributed by atoms with Gasteiger partial charge in [0.25, 0.3) is 17.7 Å². The highest BCUT2D eigenvalue weighted by Crippen LogP contribution is 2.32. The molecule has 0 aliphatic carbocycles. The smallest absolute Gasteiger partial charge is 0.340 e. The zero-order chi connectivity index (χ0) is 27.4. The van der Waals surface area contributed by atoms with Crippen LogP contribution in [0.1, 0.15) is 45.2 Å². The van der Waals surface area contributed by atoms with Crippen LogP contribution in [0.5, 0.6) is 0 Å². The maximum atomic E-state index is 13.2. The lowest BCUT2D eigenvalue weighted by Crippen LogP contribution is -2.33. The summed E-state index contributed by atoms with van der Waals surface area (Å²) in [5.41, 5.74) is 3.65. The van der Waals surface area contributed by atoms with Gasteiger partial charge in [0.1, 0.15) is 10.7 Å². The number of nitrogens with zero attached hydrogens (tertiary/aromatic N) is 1. The number of rotatable bonds is 8. The van der Waals surface area contributed by atoms with Gasteiger partial charge >= 0.3 is 5.97 Å². The van der Waals surface area contributed by atoms with Crippen molar-refractivity contribution in [3.05, 3.63) is 99.7 Å². The van der Waals surface area contributed by atoms with Crippen molar-refractivity contribution in [2.24, 2.45) is 0 Å². The van der Waals surface area contributed by atoms with Crippen LogP contribution >= 0.6 is 11.6 Å². The predicted octanol–water partition coefficient (Wildman–Crippen LogP) is 5.56. The number of anilines is 3. The molecule has 0 unspecified atom stereocenters. The highest BCUT2D eigenvalue weighted by atomic mass is 35.5. The van der Waals surface area contributed by atoms with E-state index in [1.807, 2.05) is 39.0 Å². The fourth-order valence-corrected chi connectivity index (χ4v) is 4.09. The molecular formula is C29H26ClN3O5. The molecule has 2 N–H and O–H groups in total. The fourth-order valence-electron chi connectivity index (χ4n) is 3.87. The number of ether oxygens (including phenoxy) is 1. The Kier molecular flexibility index (Phi) is 7.93. The lowest BCUT2D eigenvalue weighted by Gasteiger charge is -2.18. The van der Waals surface area contributed by atoms with Crippen molar-refractivity contribution in [1.29, 1.82) is 0 Å². The van der Waals surface area contributed by atoms with Gasteiger partial charge in [-0.25, -0.2) is 9.69 Å². The number of carbonyl (C=O) groups is 4. The fraction of sp³-hybridized carbons (Fsp3) is 0.172. The SMILES string of the molecule is CCCOC(=O)c1ccccc1N1C(=O)C(Cl)=C(Nc2ccc(C(=O)Nc3cccc(C)c3C)cc2)C1=O. The molecule has 3 aromatic carbocycles. The molecule has 0 atom stereocenters. The number of esters is 1. The van der Waals surface area contributed by atoms with E-state index in [0.29, 0.717) is 17.7 Å². The molecule has 1 aliphatic rings. The summed E-state index contributed by atoms with van der Waals surface area (Å²) in [4.78, 5) is 52.3. The van der Waals surface area contributed by atoms with Crippen LogP contribution in [0.3, 0.4) is 0 Å². The quantitative estimate of drug-likeness (QED) is 0.291. The van der Waals surface area contributed by atoms with Crippen molar-refractivity contribution in [3.63, 3.8) is 0 Å². The third kappa shape index (κ3) is 5.31. The van der Waals surface area contributed by atoms with E-state index in [-0.39, 0.29) is 34.5 Å². The molecular weight excluding hydrogens is 506 g/mol. The van der Waals surface area contributed by atoms with Crippen LogP contribution in [0.4, 0.5) is 17.1 Å². The second-order valence-electron chi connectivity index (χ2n) is 8.69. The van der Waals surface area contributed by atoms with Crippen molar-refractivity contribution >= 4 is 52.4 Å². The van der Waals surface area contributed by atoms with E-state index in [4.69, 9.17) is 16.3 Å². The maximum Gasteiger partial charge on any atom is 0.340 e. The Labute approximate surface area is 225 Å². The first-order chi connectivity index (χ1) is 18.2.